The van der Waals surface area contributed by atoms with E-state index in [0.717, 1.165) is 29.9 Å². The summed E-state index contributed by atoms with van der Waals surface area (Å²) < 4.78 is 11.3. The van der Waals surface area contributed by atoms with Gasteiger partial charge in [-0.2, -0.15) is 0 Å². The maximum absolute atomic E-state index is 5.96. The molecular formula is C15H21NO2. The van der Waals surface area contributed by atoms with Gasteiger partial charge in [-0.3, -0.25) is 0 Å². The molecule has 2 atom stereocenters. The van der Waals surface area contributed by atoms with Crippen LogP contribution >= 0.6 is 0 Å². The van der Waals surface area contributed by atoms with E-state index in [4.69, 9.17) is 15.2 Å². The summed E-state index contributed by atoms with van der Waals surface area (Å²) in [4.78, 5) is 0. The molecule has 0 aromatic heterocycles. The Bertz CT molecular complexity index is 427. The van der Waals surface area contributed by atoms with Crippen LogP contribution in [0.4, 0.5) is 0 Å². The van der Waals surface area contributed by atoms with E-state index >= 15 is 0 Å². The van der Waals surface area contributed by atoms with Gasteiger partial charge in [0.05, 0.1) is 7.11 Å². The Hall–Kier alpha value is -1.48. The number of rotatable bonds is 4. The molecule has 0 radical (unpaired) electrons. The number of allylic oxidation sites excluding steroid dienone is 1. The van der Waals surface area contributed by atoms with Gasteiger partial charge >= 0.3 is 0 Å². The first-order chi connectivity index (χ1) is 8.70. The minimum absolute atomic E-state index is 0.00234. The van der Waals surface area contributed by atoms with E-state index in [1.165, 1.54) is 6.42 Å². The van der Waals surface area contributed by atoms with Crippen LogP contribution in [0.1, 0.15) is 37.8 Å². The van der Waals surface area contributed by atoms with Crippen LogP contribution in [0.2, 0.25) is 0 Å². The highest BCUT2D eigenvalue weighted by atomic mass is 16.5. The molecule has 0 aliphatic heterocycles. The van der Waals surface area contributed by atoms with E-state index in [1.54, 1.807) is 7.11 Å². The molecule has 1 aliphatic carbocycles. The van der Waals surface area contributed by atoms with Gasteiger partial charge in [-0.25, -0.2) is 0 Å². The maximum atomic E-state index is 5.96. The number of benzene rings is 1. The summed E-state index contributed by atoms with van der Waals surface area (Å²) in [5, 5.41) is 0. The standard InChI is InChI=1S/C15H21NO2/c1-11(16)12-8-9-14(15(10-12)17-2)18-13-6-4-3-5-7-13/h4,6,8-11,13H,3,5,7,16H2,1-2H3. The van der Waals surface area contributed by atoms with Crippen LogP contribution in [0.5, 0.6) is 11.5 Å². The van der Waals surface area contributed by atoms with Crippen molar-refractivity contribution in [2.75, 3.05) is 7.11 Å². The summed E-state index contributed by atoms with van der Waals surface area (Å²) in [7, 11) is 1.66. The highest BCUT2D eigenvalue weighted by molar-refractivity contribution is 5.44. The molecule has 1 aromatic rings. The smallest absolute Gasteiger partial charge is 0.162 e. The lowest BCUT2D eigenvalue weighted by molar-refractivity contribution is 0.219. The highest BCUT2D eigenvalue weighted by Gasteiger charge is 2.14. The van der Waals surface area contributed by atoms with E-state index in [9.17, 15) is 0 Å². The normalized spacial score (nSPS) is 20.5. The fourth-order valence-electron chi connectivity index (χ4n) is 2.11. The SMILES string of the molecule is COc1cc(C(C)N)ccc1OC1C=CCCC1. The average Bonchev–Trinajstić information content (AvgIpc) is 2.40. The van der Waals surface area contributed by atoms with E-state index in [0.29, 0.717) is 0 Å². The van der Waals surface area contributed by atoms with Crippen LogP contribution in [0.3, 0.4) is 0 Å². The Labute approximate surface area is 109 Å². The minimum Gasteiger partial charge on any atom is -0.493 e. The van der Waals surface area contributed by atoms with Gasteiger partial charge in [0.2, 0.25) is 0 Å². The molecule has 2 rings (SSSR count). The zero-order valence-electron chi connectivity index (χ0n) is 11.1. The van der Waals surface area contributed by atoms with Crippen molar-refractivity contribution in [1.82, 2.24) is 0 Å². The van der Waals surface area contributed by atoms with Crippen molar-refractivity contribution in [1.29, 1.82) is 0 Å². The molecule has 3 heteroatoms. The van der Waals surface area contributed by atoms with Gasteiger partial charge < -0.3 is 15.2 Å². The Morgan fingerprint density at radius 2 is 2.17 bits per heavy atom. The lowest BCUT2D eigenvalue weighted by Gasteiger charge is -2.20. The lowest BCUT2D eigenvalue weighted by Crippen LogP contribution is -2.16. The molecule has 0 amide bonds. The van der Waals surface area contributed by atoms with Gasteiger partial charge in [-0.15, -0.1) is 0 Å². The molecule has 0 bridgehead atoms. The van der Waals surface area contributed by atoms with Crippen molar-refractivity contribution in [2.45, 2.75) is 38.3 Å². The third kappa shape index (κ3) is 3.05. The molecule has 2 unspecified atom stereocenters. The third-order valence-corrected chi connectivity index (χ3v) is 3.20. The van der Waals surface area contributed by atoms with Gasteiger partial charge in [0.25, 0.3) is 0 Å². The Morgan fingerprint density at radius 1 is 1.33 bits per heavy atom. The van der Waals surface area contributed by atoms with Gasteiger partial charge in [-0.05, 0) is 50.0 Å². The largest absolute Gasteiger partial charge is 0.493 e. The van der Waals surface area contributed by atoms with Crippen molar-refractivity contribution in [2.24, 2.45) is 5.73 Å². The Kier molecular flexibility index (Phi) is 4.26. The number of hydrogen-bond acceptors (Lipinski definition) is 3. The number of ether oxygens (including phenoxy) is 2. The van der Waals surface area contributed by atoms with Crippen LogP contribution in [0.15, 0.2) is 30.4 Å². The van der Waals surface area contributed by atoms with Crippen LogP contribution in [-0.2, 0) is 0 Å². The van der Waals surface area contributed by atoms with Crippen LogP contribution in [-0.4, -0.2) is 13.2 Å². The zero-order valence-corrected chi connectivity index (χ0v) is 11.1. The maximum Gasteiger partial charge on any atom is 0.162 e. The molecule has 1 aromatic carbocycles. The second-order valence-electron chi connectivity index (χ2n) is 4.71. The second kappa shape index (κ2) is 5.91. The van der Waals surface area contributed by atoms with E-state index in [-0.39, 0.29) is 12.1 Å². The second-order valence-corrected chi connectivity index (χ2v) is 4.71. The molecule has 2 N–H and O–H groups in total. The molecule has 1 aliphatic rings. The first-order valence-corrected chi connectivity index (χ1v) is 6.47. The zero-order chi connectivity index (χ0) is 13.0. The molecule has 18 heavy (non-hydrogen) atoms. The first-order valence-electron chi connectivity index (χ1n) is 6.47. The molecule has 0 heterocycles. The van der Waals surface area contributed by atoms with Crippen LogP contribution in [0, 0.1) is 0 Å². The third-order valence-electron chi connectivity index (χ3n) is 3.20. The quantitative estimate of drug-likeness (QED) is 0.831. The molecule has 3 nitrogen and oxygen atoms in total. The predicted molar refractivity (Wildman–Crippen MR) is 73.0 cm³/mol. The Balaban J connectivity index is 2.16. The summed E-state index contributed by atoms with van der Waals surface area (Å²) in [6, 6.07) is 5.89. The van der Waals surface area contributed by atoms with Crippen molar-refractivity contribution < 1.29 is 9.47 Å². The number of methoxy groups -OCH3 is 1. The minimum atomic E-state index is 0.00234. The summed E-state index contributed by atoms with van der Waals surface area (Å²) in [5.41, 5.74) is 6.92. The fraction of sp³-hybridized carbons (Fsp3) is 0.467. The molecule has 0 saturated heterocycles. The molecular weight excluding hydrogens is 226 g/mol. The van der Waals surface area contributed by atoms with Crippen molar-refractivity contribution >= 4 is 0 Å². The van der Waals surface area contributed by atoms with Crippen molar-refractivity contribution in [3.8, 4) is 11.5 Å². The average molecular weight is 247 g/mol. The fourth-order valence-corrected chi connectivity index (χ4v) is 2.11. The van der Waals surface area contributed by atoms with E-state index in [1.807, 2.05) is 25.1 Å². The van der Waals surface area contributed by atoms with Crippen molar-refractivity contribution in [3.63, 3.8) is 0 Å². The summed E-state index contributed by atoms with van der Waals surface area (Å²) >= 11 is 0. The first kappa shape index (κ1) is 13.0. The highest BCUT2D eigenvalue weighted by Crippen LogP contribution is 2.31. The van der Waals surface area contributed by atoms with Gasteiger partial charge in [0.1, 0.15) is 6.10 Å². The monoisotopic (exact) mass is 247 g/mol. The van der Waals surface area contributed by atoms with Gasteiger partial charge in [0, 0.05) is 6.04 Å². The summed E-state index contributed by atoms with van der Waals surface area (Å²) in [5.74, 6) is 1.54. The Morgan fingerprint density at radius 3 is 2.78 bits per heavy atom. The summed E-state index contributed by atoms with van der Waals surface area (Å²) in [6.07, 6.45) is 7.87. The molecule has 98 valence electrons. The van der Waals surface area contributed by atoms with Gasteiger partial charge in [-0.1, -0.05) is 12.1 Å². The van der Waals surface area contributed by atoms with E-state index < -0.39 is 0 Å². The molecule has 0 saturated carbocycles. The lowest BCUT2D eigenvalue weighted by atomic mass is 10.1. The number of hydrogen-bond donors (Lipinski definition) is 1. The van der Waals surface area contributed by atoms with Crippen LogP contribution < -0.4 is 15.2 Å². The topological polar surface area (TPSA) is 44.5 Å². The van der Waals surface area contributed by atoms with Gasteiger partial charge in [0.15, 0.2) is 11.5 Å². The number of nitrogens with two attached hydrogens (primary N) is 1. The van der Waals surface area contributed by atoms with E-state index in [2.05, 4.69) is 12.2 Å². The van der Waals surface area contributed by atoms with Crippen LogP contribution in [0.25, 0.3) is 0 Å². The predicted octanol–water partition coefficient (Wildman–Crippen LogP) is 3.20. The van der Waals surface area contributed by atoms with Crippen molar-refractivity contribution in [3.05, 3.63) is 35.9 Å². The molecule has 0 spiro atoms. The summed E-state index contributed by atoms with van der Waals surface area (Å²) in [6.45, 7) is 1.96. The molecule has 0 fully saturated rings.